The molecule has 0 saturated carbocycles. The zero-order chi connectivity index (χ0) is 35.1. The van der Waals surface area contributed by atoms with E-state index in [9.17, 15) is 39.0 Å². The number of aliphatic hydroxyl groups excluding tert-OH is 2. The SMILES string of the molecule is COC(=O)c1coc(C(CO)NC(=O)c2cc(CCCCN3C(=O)c4ccccc4C3=O)cc(C(=O)NC(CO)c3nc(C=O)co3)n2)n1. The van der Waals surface area contributed by atoms with E-state index in [1.165, 1.54) is 17.0 Å². The minimum atomic E-state index is -1.20. The third-order valence-corrected chi connectivity index (χ3v) is 7.47. The number of ether oxygens (including phenoxy) is 1. The number of aldehydes is 1. The van der Waals surface area contributed by atoms with Gasteiger partial charge in [-0.15, -0.1) is 0 Å². The van der Waals surface area contributed by atoms with E-state index < -0.39 is 43.1 Å². The first-order chi connectivity index (χ1) is 23.7. The molecular weight excluding hydrogens is 644 g/mol. The Morgan fingerprint density at radius 2 is 1.43 bits per heavy atom. The number of aromatic nitrogens is 3. The number of aryl methyl sites for hydroxylation is 1. The molecule has 17 nitrogen and oxygen atoms in total. The fourth-order valence-corrected chi connectivity index (χ4v) is 5.00. The molecule has 0 fully saturated rings. The lowest BCUT2D eigenvalue weighted by Gasteiger charge is -2.16. The molecule has 3 aromatic heterocycles. The normalized spacial score (nSPS) is 13.5. The predicted molar refractivity (Wildman–Crippen MR) is 163 cm³/mol. The number of hydrogen-bond acceptors (Lipinski definition) is 14. The fourth-order valence-electron chi connectivity index (χ4n) is 5.00. The Labute approximate surface area is 277 Å². The lowest BCUT2D eigenvalue weighted by molar-refractivity contribution is 0.0591. The zero-order valence-corrected chi connectivity index (χ0v) is 26.0. The summed E-state index contributed by atoms with van der Waals surface area (Å²) in [5, 5.41) is 24.8. The van der Waals surface area contributed by atoms with Crippen LogP contribution >= 0.6 is 0 Å². The Morgan fingerprint density at radius 3 is 1.96 bits per heavy atom. The van der Waals surface area contributed by atoms with Gasteiger partial charge in [0.25, 0.3) is 23.6 Å². The second kappa shape index (κ2) is 15.2. The Morgan fingerprint density at radius 1 is 0.857 bits per heavy atom. The van der Waals surface area contributed by atoms with Crippen LogP contribution < -0.4 is 10.6 Å². The number of esters is 1. The van der Waals surface area contributed by atoms with Gasteiger partial charge in [0, 0.05) is 6.54 Å². The lowest BCUT2D eigenvalue weighted by Crippen LogP contribution is -2.34. The maximum atomic E-state index is 13.4. The Hall–Kier alpha value is -6.07. The van der Waals surface area contributed by atoms with Gasteiger partial charge in [-0.3, -0.25) is 28.9 Å². The minimum absolute atomic E-state index is 0.0498. The van der Waals surface area contributed by atoms with Gasteiger partial charge < -0.3 is 34.4 Å². The van der Waals surface area contributed by atoms with Gasteiger partial charge in [0.2, 0.25) is 11.8 Å². The predicted octanol–water partition coefficient (Wildman–Crippen LogP) is 1.20. The molecule has 254 valence electrons. The number of fused-ring (bicyclic) bond motifs is 1. The standard InChI is InChI=1S/C32H30N6O11/c1-47-32(46)25-16-49-29(37-25)24(14-41)36-27(43)22-11-17(6-4-5-9-38-30(44)19-7-2-3-8-20(19)31(38)45)10-21(34-22)26(42)35-23(13-40)28-33-18(12-39)15-48-28/h2-3,7-8,10-12,15-16,23-24,40-41H,4-6,9,13-14H2,1H3,(H,35,42)(H,36,43). The number of methoxy groups -OCH3 is 1. The van der Waals surface area contributed by atoms with Crippen molar-refractivity contribution in [3.05, 3.63) is 100 Å². The van der Waals surface area contributed by atoms with Crippen LogP contribution in [0.5, 0.6) is 0 Å². The highest BCUT2D eigenvalue weighted by Crippen LogP contribution is 2.23. The maximum Gasteiger partial charge on any atom is 0.360 e. The molecule has 4 N–H and O–H groups in total. The second-order valence-corrected chi connectivity index (χ2v) is 10.7. The largest absolute Gasteiger partial charge is 0.464 e. The van der Waals surface area contributed by atoms with E-state index in [-0.39, 0.29) is 52.9 Å². The van der Waals surface area contributed by atoms with Crippen LogP contribution in [0, 0.1) is 0 Å². The van der Waals surface area contributed by atoms with Crippen molar-refractivity contribution >= 4 is 35.9 Å². The third-order valence-electron chi connectivity index (χ3n) is 7.47. The summed E-state index contributed by atoms with van der Waals surface area (Å²) < 4.78 is 15.0. The molecule has 5 rings (SSSR count). The maximum absolute atomic E-state index is 13.4. The van der Waals surface area contributed by atoms with Crippen molar-refractivity contribution in [3.8, 4) is 0 Å². The number of nitrogens with one attached hydrogen (secondary N) is 2. The fraction of sp³-hybridized carbons (Fsp3) is 0.281. The number of amides is 4. The van der Waals surface area contributed by atoms with Gasteiger partial charge in [-0.25, -0.2) is 19.7 Å². The topological polar surface area (TPSA) is 244 Å². The molecule has 2 unspecified atom stereocenters. The first kappa shape index (κ1) is 34.3. The third kappa shape index (κ3) is 7.58. The van der Waals surface area contributed by atoms with Crippen LogP contribution in [0.25, 0.3) is 0 Å². The molecular formula is C32H30N6O11. The summed E-state index contributed by atoms with van der Waals surface area (Å²) >= 11 is 0. The number of aliphatic hydroxyl groups is 2. The summed E-state index contributed by atoms with van der Waals surface area (Å²) in [7, 11) is 1.15. The van der Waals surface area contributed by atoms with E-state index in [2.05, 4.69) is 30.3 Å². The van der Waals surface area contributed by atoms with Crippen molar-refractivity contribution in [1.82, 2.24) is 30.5 Å². The highest BCUT2D eigenvalue weighted by Gasteiger charge is 2.34. The quantitative estimate of drug-likeness (QED) is 0.0599. The van der Waals surface area contributed by atoms with E-state index >= 15 is 0 Å². The van der Waals surface area contributed by atoms with Gasteiger partial charge in [0.05, 0.1) is 31.5 Å². The van der Waals surface area contributed by atoms with E-state index in [0.717, 1.165) is 19.6 Å². The van der Waals surface area contributed by atoms with Crippen molar-refractivity contribution < 1.29 is 52.6 Å². The number of hydrogen-bond donors (Lipinski definition) is 4. The van der Waals surface area contributed by atoms with Crippen molar-refractivity contribution in [2.45, 2.75) is 31.3 Å². The molecule has 0 radical (unpaired) electrons. The van der Waals surface area contributed by atoms with Crippen LogP contribution in [-0.2, 0) is 11.2 Å². The summed E-state index contributed by atoms with van der Waals surface area (Å²) in [6.45, 7) is -1.16. The first-order valence-electron chi connectivity index (χ1n) is 14.9. The average Bonchev–Trinajstić information content (AvgIpc) is 3.87. The smallest absolute Gasteiger partial charge is 0.360 e. The molecule has 1 aliphatic heterocycles. The van der Waals surface area contributed by atoms with E-state index in [1.807, 2.05) is 0 Å². The second-order valence-electron chi connectivity index (χ2n) is 10.7. The van der Waals surface area contributed by atoms with Gasteiger partial charge in [0.1, 0.15) is 41.7 Å². The molecule has 4 amide bonds. The molecule has 4 aromatic rings. The van der Waals surface area contributed by atoms with Crippen molar-refractivity contribution in [2.24, 2.45) is 0 Å². The Kier molecular flexibility index (Phi) is 10.6. The number of carbonyl (C=O) groups is 6. The van der Waals surface area contributed by atoms with Gasteiger partial charge in [-0.05, 0) is 49.1 Å². The summed E-state index contributed by atoms with van der Waals surface area (Å²) in [5.41, 5.74) is 0.468. The number of unbranched alkanes of at least 4 members (excludes halogenated alkanes) is 1. The van der Waals surface area contributed by atoms with Gasteiger partial charge in [-0.1, -0.05) is 12.1 Å². The number of carbonyl (C=O) groups excluding carboxylic acids is 6. The molecule has 0 bridgehead atoms. The highest BCUT2D eigenvalue weighted by molar-refractivity contribution is 6.21. The van der Waals surface area contributed by atoms with Crippen molar-refractivity contribution in [1.29, 1.82) is 0 Å². The van der Waals surface area contributed by atoms with Crippen LogP contribution in [0.4, 0.5) is 0 Å². The molecule has 49 heavy (non-hydrogen) atoms. The summed E-state index contributed by atoms with van der Waals surface area (Å²) in [6, 6.07) is 7.04. The van der Waals surface area contributed by atoms with Crippen LogP contribution in [0.15, 0.2) is 57.8 Å². The lowest BCUT2D eigenvalue weighted by atomic mass is 10.1. The average molecular weight is 675 g/mol. The molecule has 1 aromatic carbocycles. The van der Waals surface area contributed by atoms with Crippen LogP contribution in [-0.4, -0.2) is 92.8 Å². The van der Waals surface area contributed by atoms with Crippen molar-refractivity contribution in [2.75, 3.05) is 26.9 Å². The van der Waals surface area contributed by atoms with Gasteiger partial charge in [0.15, 0.2) is 12.0 Å². The minimum Gasteiger partial charge on any atom is -0.464 e. The highest BCUT2D eigenvalue weighted by atomic mass is 16.5. The van der Waals surface area contributed by atoms with Crippen molar-refractivity contribution in [3.63, 3.8) is 0 Å². The zero-order valence-electron chi connectivity index (χ0n) is 26.0. The Bertz CT molecular complexity index is 1870. The molecule has 4 heterocycles. The molecule has 2 atom stereocenters. The van der Waals surface area contributed by atoms with E-state index in [0.29, 0.717) is 42.2 Å². The summed E-state index contributed by atoms with van der Waals surface area (Å²) in [5.74, 6) is -3.53. The molecule has 17 heteroatoms. The number of rotatable bonds is 15. The van der Waals surface area contributed by atoms with E-state index in [4.69, 9.17) is 8.83 Å². The molecule has 1 aliphatic rings. The number of imide groups is 1. The molecule has 0 spiro atoms. The van der Waals surface area contributed by atoms with E-state index in [1.54, 1.807) is 24.3 Å². The molecule has 0 aliphatic carbocycles. The summed E-state index contributed by atoms with van der Waals surface area (Å²) in [6.07, 6.45) is 3.63. The number of nitrogens with zero attached hydrogens (tertiary/aromatic N) is 4. The van der Waals surface area contributed by atoms with Crippen LogP contribution in [0.2, 0.25) is 0 Å². The monoisotopic (exact) mass is 674 g/mol. The number of oxazole rings is 2. The molecule has 0 saturated heterocycles. The number of benzene rings is 1. The van der Waals surface area contributed by atoms with Gasteiger partial charge in [-0.2, -0.15) is 0 Å². The van der Waals surface area contributed by atoms with Crippen LogP contribution in [0.3, 0.4) is 0 Å². The van der Waals surface area contributed by atoms with Gasteiger partial charge >= 0.3 is 5.97 Å². The number of pyridine rings is 1. The first-order valence-corrected chi connectivity index (χ1v) is 14.9. The van der Waals surface area contributed by atoms with Crippen LogP contribution in [0.1, 0.15) is 105 Å². The Balaban J connectivity index is 1.33. The summed E-state index contributed by atoms with van der Waals surface area (Å²) in [4.78, 5) is 88.1.